The smallest absolute Gasteiger partial charge is 0.223 e. The van der Waals surface area contributed by atoms with Gasteiger partial charge in [0.2, 0.25) is 5.91 Å². The molecule has 4 nitrogen and oxygen atoms in total. The largest absolute Gasteiger partial charge is 0.396 e. The van der Waals surface area contributed by atoms with Gasteiger partial charge < -0.3 is 10.0 Å². The first kappa shape index (κ1) is 22.2. The molecular weight excluding hydrogens is 403 g/mol. The predicted molar refractivity (Wildman–Crippen MR) is 123 cm³/mol. The van der Waals surface area contributed by atoms with Crippen molar-refractivity contribution in [2.45, 2.75) is 44.1 Å². The first-order valence-corrected chi connectivity index (χ1v) is 11.2. The molecule has 1 aliphatic rings. The fourth-order valence-electron chi connectivity index (χ4n) is 4.84. The summed E-state index contributed by atoms with van der Waals surface area (Å²) in [6.07, 6.45) is 6.10. The van der Waals surface area contributed by atoms with Crippen LogP contribution in [0.2, 0.25) is 0 Å². The molecular formula is C27H29FN2O2. The molecule has 1 saturated heterocycles. The number of piperidine rings is 1. The van der Waals surface area contributed by atoms with Crippen LogP contribution in [0.4, 0.5) is 4.39 Å². The Morgan fingerprint density at radius 1 is 1.09 bits per heavy atom. The van der Waals surface area contributed by atoms with Gasteiger partial charge in [-0.1, -0.05) is 42.5 Å². The summed E-state index contributed by atoms with van der Waals surface area (Å²) in [5.74, 6) is -0.180. The molecule has 2 heterocycles. The average molecular weight is 433 g/mol. The number of carbonyl (C=O) groups is 1. The van der Waals surface area contributed by atoms with Crippen LogP contribution < -0.4 is 0 Å². The van der Waals surface area contributed by atoms with E-state index in [1.165, 1.54) is 12.1 Å². The van der Waals surface area contributed by atoms with Gasteiger partial charge in [-0.3, -0.25) is 9.78 Å². The van der Waals surface area contributed by atoms with Crippen molar-refractivity contribution >= 4 is 5.91 Å². The number of likely N-dealkylation sites (tertiary alicyclic amines) is 1. The molecule has 0 radical (unpaired) electrons. The fourth-order valence-corrected chi connectivity index (χ4v) is 4.84. The second kappa shape index (κ2) is 9.61. The van der Waals surface area contributed by atoms with Crippen molar-refractivity contribution in [1.29, 1.82) is 0 Å². The van der Waals surface area contributed by atoms with Gasteiger partial charge in [0.15, 0.2) is 0 Å². The molecule has 4 rings (SSSR count). The lowest BCUT2D eigenvalue weighted by atomic mass is 9.69. The highest BCUT2D eigenvalue weighted by atomic mass is 19.1. The van der Waals surface area contributed by atoms with Gasteiger partial charge in [-0.25, -0.2) is 4.39 Å². The van der Waals surface area contributed by atoms with Crippen molar-refractivity contribution in [3.8, 4) is 11.1 Å². The Morgan fingerprint density at radius 3 is 2.47 bits per heavy atom. The zero-order valence-electron chi connectivity index (χ0n) is 18.4. The Bertz CT molecular complexity index is 1040. The Kier molecular flexibility index (Phi) is 6.66. The van der Waals surface area contributed by atoms with E-state index in [0.29, 0.717) is 25.8 Å². The zero-order valence-corrected chi connectivity index (χ0v) is 18.4. The minimum atomic E-state index is -0.353. The Hall–Kier alpha value is -3.05. The van der Waals surface area contributed by atoms with E-state index < -0.39 is 0 Å². The number of nitrogens with zero attached hydrogens (tertiary/aromatic N) is 2. The maximum absolute atomic E-state index is 13.5. The van der Waals surface area contributed by atoms with E-state index in [1.807, 2.05) is 23.2 Å². The Balaban J connectivity index is 1.51. The quantitative estimate of drug-likeness (QED) is 0.553. The molecule has 1 aliphatic heterocycles. The molecule has 0 bridgehead atoms. The highest BCUT2D eigenvalue weighted by Gasteiger charge is 2.41. The second-order valence-electron chi connectivity index (χ2n) is 8.67. The lowest BCUT2D eigenvalue weighted by Gasteiger charge is -2.44. The Labute approximate surface area is 188 Å². The molecule has 3 aromatic rings. The SMILES string of the molecule is C[C@@H](c1ccc(-c2cccnc2)cc1)N1CC[C@](CCCO)(c2ccc(F)cc2)CC1=O. The van der Waals surface area contributed by atoms with Crippen LogP contribution in [0.5, 0.6) is 0 Å². The molecule has 1 aromatic heterocycles. The fraction of sp³-hybridized carbons (Fsp3) is 0.333. The van der Waals surface area contributed by atoms with Crippen LogP contribution in [0.25, 0.3) is 11.1 Å². The lowest BCUT2D eigenvalue weighted by Crippen LogP contribution is -2.47. The van der Waals surface area contributed by atoms with Crippen molar-refractivity contribution < 1.29 is 14.3 Å². The van der Waals surface area contributed by atoms with Crippen molar-refractivity contribution in [2.24, 2.45) is 0 Å². The molecule has 0 unspecified atom stereocenters. The summed E-state index contributed by atoms with van der Waals surface area (Å²) in [6, 6.07) is 18.7. The number of aromatic nitrogens is 1. The Morgan fingerprint density at radius 2 is 1.84 bits per heavy atom. The number of rotatable bonds is 7. The number of carbonyl (C=O) groups excluding carboxylic acids is 1. The molecule has 5 heteroatoms. The molecule has 1 fully saturated rings. The van der Waals surface area contributed by atoms with E-state index in [2.05, 4.69) is 36.2 Å². The van der Waals surface area contributed by atoms with Gasteiger partial charge in [0.1, 0.15) is 5.82 Å². The predicted octanol–water partition coefficient (Wildman–Crippen LogP) is 5.28. The van der Waals surface area contributed by atoms with E-state index in [1.54, 1.807) is 18.3 Å². The number of aliphatic hydroxyl groups excluding tert-OH is 1. The van der Waals surface area contributed by atoms with Gasteiger partial charge in [0, 0.05) is 37.4 Å². The third kappa shape index (κ3) is 4.58. The molecule has 0 spiro atoms. The van der Waals surface area contributed by atoms with Gasteiger partial charge in [-0.2, -0.15) is 0 Å². The monoisotopic (exact) mass is 432 g/mol. The van der Waals surface area contributed by atoms with E-state index >= 15 is 0 Å². The van der Waals surface area contributed by atoms with Crippen molar-refractivity contribution in [3.63, 3.8) is 0 Å². The van der Waals surface area contributed by atoms with E-state index in [-0.39, 0.29) is 29.8 Å². The first-order chi connectivity index (χ1) is 15.5. The van der Waals surface area contributed by atoms with E-state index in [9.17, 15) is 14.3 Å². The number of hydrogen-bond donors (Lipinski definition) is 1. The highest BCUT2D eigenvalue weighted by Crippen LogP contribution is 2.42. The minimum absolute atomic E-state index is 0.0329. The lowest BCUT2D eigenvalue weighted by molar-refractivity contribution is -0.138. The van der Waals surface area contributed by atoms with E-state index in [0.717, 1.165) is 28.7 Å². The second-order valence-corrected chi connectivity index (χ2v) is 8.67. The molecule has 0 saturated carbocycles. The molecule has 0 aliphatic carbocycles. The van der Waals surface area contributed by atoms with Crippen molar-refractivity contribution in [1.82, 2.24) is 9.88 Å². The molecule has 166 valence electrons. The van der Waals surface area contributed by atoms with Gasteiger partial charge in [-0.15, -0.1) is 0 Å². The maximum atomic E-state index is 13.5. The number of pyridine rings is 1. The highest BCUT2D eigenvalue weighted by molar-refractivity contribution is 5.79. The summed E-state index contributed by atoms with van der Waals surface area (Å²) in [4.78, 5) is 19.4. The first-order valence-electron chi connectivity index (χ1n) is 11.2. The van der Waals surface area contributed by atoms with Crippen LogP contribution in [0, 0.1) is 5.82 Å². The summed E-state index contributed by atoms with van der Waals surface area (Å²) in [6.45, 7) is 2.78. The van der Waals surface area contributed by atoms with E-state index in [4.69, 9.17) is 0 Å². The molecule has 1 amide bonds. The third-order valence-electron chi connectivity index (χ3n) is 6.77. The standard InChI is InChI=1S/C27H29FN2O2/c1-20(21-5-7-22(8-6-21)23-4-2-15-29-19-23)30-16-14-27(13-3-17-31,18-26(30)32)24-9-11-25(28)12-10-24/h2,4-12,15,19-20,31H,3,13-14,16-18H2,1H3/t20-,27-/m0/s1. The van der Waals surface area contributed by atoms with Crippen LogP contribution >= 0.6 is 0 Å². The third-order valence-corrected chi connectivity index (χ3v) is 6.77. The van der Waals surface area contributed by atoms with Gasteiger partial charge in [0.05, 0.1) is 6.04 Å². The topological polar surface area (TPSA) is 53.4 Å². The maximum Gasteiger partial charge on any atom is 0.223 e. The summed E-state index contributed by atoms with van der Waals surface area (Å²) >= 11 is 0. The summed E-state index contributed by atoms with van der Waals surface area (Å²) < 4.78 is 13.5. The number of benzene rings is 2. The van der Waals surface area contributed by atoms with Crippen LogP contribution in [0.15, 0.2) is 73.1 Å². The van der Waals surface area contributed by atoms with Crippen molar-refractivity contribution in [3.05, 3.63) is 90.0 Å². The van der Waals surface area contributed by atoms with Gasteiger partial charge in [-0.05, 0) is 66.6 Å². The zero-order chi connectivity index (χ0) is 22.6. The summed E-state index contributed by atoms with van der Waals surface area (Å²) in [5, 5.41) is 9.40. The van der Waals surface area contributed by atoms with Crippen molar-refractivity contribution in [2.75, 3.05) is 13.2 Å². The average Bonchev–Trinajstić information content (AvgIpc) is 2.83. The summed E-state index contributed by atoms with van der Waals surface area (Å²) in [7, 11) is 0. The molecule has 32 heavy (non-hydrogen) atoms. The van der Waals surface area contributed by atoms with Crippen LogP contribution in [0.3, 0.4) is 0 Å². The number of aliphatic hydroxyl groups is 1. The van der Waals surface area contributed by atoms with Crippen LogP contribution in [-0.2, 0) is 10.2 Å². The summed E-state index contributed by atoms with van der Waals surface area (Å²) in [5.41, 5.74) is 3.88. The minimum Gasteiger partial charge on any atom is -0.396 e. The number of hydrogen-bond acceptors (Lipinski definition) is 3. The van der Waals surface area contributed by atoms with Gasteiger partial charge >= 0.3 is 0 Å². The molecule has 2 atom stereocenters. The molecule has 1 N–H and O–H groups in total. The van der Waals surface area contributed by atoms with Gasteiger partial charge in [0.25, 0.3) is 0 Å². The van der Waals surface area contributed by atoms with Crippen LogP contribution in [-0.4, -0.2) is 34.0 Å². The number of halogens is 1. The van der Waals surface area contributed by atoms with Crippen LogP contribution in [0.1, 0.15) is 49.8 Å². The normalized spacial score (nSPS) is 19.7. The molecule has 2 aromatic carbocycles. The number of amides is 1.